The highest BCUT2D eigenvalue weighted by Gasteiger charge is 2.38. The lowest BCUT2D eigenvalue weighted by molar-refractivity contribution is -0.203. The lowest BCUT2D eigenvalue weighted by Gasteiger charge is -2.27. The normalized spacial score (nSPS) is 19.7. The first-order valence-electron chi connectivity index (χ1n) is 8.36. The van der Waals surface area contributed by atoms with Crippen molar-refractivity contribution in [2.24, 2.45) is 0 Å². The summed E-state index contributed by atoms with van der Waals surface area (Å²) < 4.78 is 21.2. The Labute approximate surface area is 151 Å². The summed E-state index contributed by atoms with van der Waals surface area (Å²) in [5, 5.41) is 0. The van der Waals surface area contributed by atoms with E-state index in [1.807, 2.05) is 60.7 Å². The average Bonchev–Trinajstić information content (AvgIpc) is 2.67. The minimum atomic E-state index is -1.04. The van der Waals surface area contributed by atoms with Crippen molar-refractivity contribution in [2.75, 3.05) is 13.2 Å². The molecule has 0 aliphatic carbocycles. The molecule has 6 heteroatoms. The van der Waals surface area contributed by atoms with E-state index in [4.69, 9.17) is 18.9 Å². The first-order chi connectivity index (χ1) is 12.7. The van der Waals surface area contributed by atoms with Crippen molar-refractivity contribution in [3.05, 3.63) is 71.8 Å². The van der Waals surface area contributed by atoms with Gasteiger partial charge in [-0.2, -0.15) is 0 Å². The van der Waals surface area contributed by atoms with Crippen molar-refractivity contribution in [2.45, 2.75) is 25.4 Å². The first kappa shape index (κ1) is 18.1. The highest BCUT2D eigenvalue weighted by atomic mass is 16.7. The zero-order valence-corrected chi connectivity index (χ0v) is 14.2. The van der Waals surface area contributed by atoms with Crippen molar-refractivity contribution >= 4 is 11.9 Å². The summed E-state index contributed by atoms with van der Waals surface area (Å²) in [6.07, 6.45) is -2.09. The smallest absolute Gasteiger partial charge is 0.350 e. The van der Waals surface area contributed by atoms with Gasteiger partial charge in [0.15, 0.2) is 0 Å². The second-order valence-electron chi connectivity index (χ2n) is 5.85. The Bertz CT molecular complexity index is 652. The van der Waals surface area contributed by atoms with Gasteiger partial charge in [-0.25, -0.2) is 9.59 Å². The van der Waals surface area contributed by atoms with Gasteiger partial charge < -0.3 is 18.9 Å². The summed E-state index contributed by atoms with van der Waals surface area (Å²) in [7, 11) is 0. The monoisotopic (exact) mass is 356 g/mol. The Balaban J connectivity index is 1.40. The number of rotatable bonds is 8. The molecular formula is C20H20O6. The molecular weight excluding hydrogens is 336 g/mol. The number of cyclic esters (lactones) is 2. The third-order valence-electron chi connectivity index (χ3n) is 3.80. The topological polar surface area (TPSA) is 71.1 Å². The predicted octanol–water partition coefficient (Wildman–Crippen LogP) is 2.26. The minimum absolute atomic E-state index is 0.0446. The third-order valence-corrected chi connectivity index (χ3v) is 3.80. The van der Waals surface area contributed by atoms with Crippen molar-refractivity contribution in [3.63, 3.8) is 0 Å². The lowest BCUT2D eigenvalue weighted by atomic mass is 10.2. The standard InChI is InChI=1S/C20H20O6/c21-19-17(13-23-11-15-7-3-1-4-8-15)25-20(22)18(26-19)14-24-12-16-9-5-2-6-10-16/h1-10,17-18H,11-14H2. The van der Waals surface area contributed by atoms with Gasteiger partial charge in [0.1, 0.15) is 0 Å². The van der Waals surface area contributed by atoms with E-state index in [0.717, 1.165) is 11.1 Å². The Kier molecular flexibility index (Phi) is 6.35. The van der Waals surface area contributed by atoms with Crippen LogP contribution in [0.1, 0.15) is 11.1 Å². The molecule has 2 aromatic rings. The summed E-state index contributed by atoms with van der Waals surface area (Å²) >= 11 is 0. The number of esters is 2. The van der Waals surface area contributed by atoms with E-state index < -0.39 is 24.1 Å². The second-order valence-corrected chi connectivity index (χ2v) is 5.85. The number of ether oxygens (including phenoxy) is 4. The Morgan fingerprint density at radius 2 is 1.04 bits per heavy atom. The molecule has 1 aliphatic heterocycles. The van der Waals surface area contributed by atoms with E-state index in [9.17, 15) is 9.59 Å². The van der Waals surface area contributed by atoms with Gasteiger partial charge in [0.25, 0.3) is 0 Å². The average molecular weight is 356 g/mol. The quantitative estimate of drug-likeness (QED) is 0.676. The molecule has 1 fully saturated rings. The molecule has 0 bridgehead atoms. The molecule has 1 heterocycles. The molecule has 136 valence electrons. The molecule has 2 unspecified atom stereocenters. The van der Waals surface area contributed by atoms with Crippen LogP contribution in [0.3, 0.4) is 0 Å². The van der Waals surface area contributed by atoms with Gasteiger partial charge in [-0.3, -0.25) is 0 Å². The van der Waals surface area contributed by atoms with Gasteiger partial charge in [-0.15, -0.1) is 0 Å². The zero-order chi connectivity index (χ0) is 18.2. The van der Waals surface area contributed by atoms with E-state index in [2.05, 4.69) is 0 Å². The molecule has 2 aromatic carbocycles. The highest BCUT2D eigenvalue weighted by Crippen LogP contribution is 2.13. The van der Waals surface area contributed by atoms with E-state index >= 15 is 0 Å². The van der Waals surface area contributed by atoms with Crippen LogP contribution in [0.4, 0.5) is 0 Å². The Morgan fingerprint density at radius 3 is 1.42 bits per heavy atom. The van der Waals surface area contributed by atoms with Crippen LogP contribution in [0.15, 0.2) is 60.7 Å². The molecule has 0 radical (unpaired) electrons. The van der Waals surface area contributed by atoms with Gasteiger partial charge >= 0.3 is 11.9 Å². The van der Waals surface area contributed by atoms with Crippen molar-refractivity contribution < 1.29 is 28.5 Å². The molecule has 26 heavy (non-hydrogen) atoms. The van der Waals surface area contributed by atoms with Crippen LogP contribution >= 0.6 is 0 Å². The van der Waals surface area contributed by atoms with Gasteiger partial charge in [0.05, 0.1) is 26.4 Å². The molecule has 0 amide bonds. The highest BCUT2D eigenvalue weighted by molar-refractivity contribution is 5.87. The fourth-order valence-electron chi connectivity index (χ4n) is 2.45. The molecule has 0 saturated carbocycles. The van der Waals surface area contributed by atoms with E-state index in [1.54, 1.807) is 0 Å². The van der Waals surface area contributed by atoms with Crippen LogP contribution in [0.2, 0.25) is 0 Å². The molecule has 2 atom stereocenters. The van der Waals surface area contributed by atoms with Crippen LogP contribution < -0.4 is 0 Å². The number of hydrogen-bond acceptors (Lipinski definition) is 6. The molecule has 3 rings (SSSR count). The lowest BCUT2D eigenvalue weighted by Crippen LogP contribution is -2.47. The maximum absolute atomic E-state index is 12.0. The minimum Gasteiger partial charge on any atom is -0.445 e. The third kappa shape index (κ3) is 5.15. The van der Waals surface area contributed by atoms with Crippen molar-refractivity contribution in [1.82, 2.24) is 0 Å². The molecule has 1 saturated heterocycles. The zero-order valence-electron chi connectivity index (χ0n) is 14.2. The van der Waals surface area contributed by atoms with E-state index in [0.29, 0.717) is 13.2 Å². The maximum Gasteiger partial charge on any atom is 0.350 e. The van der Waals surface area contributed by atoms with Crippen LogP contribution in [0.5, 0.6) is 0 Å². The van der Waals surface area contributed by atoms with Gasteiger partial charge in [0, 0.05) is 0 Å². The molecule has 1 aliphatic rings. The van der Waals surface area contributed by atoms with Crippen LogP contribution in [0.25, 0.3) is 0 Å². The van der Waals surface area contributed by atoms with E-state index in [1.165, 1.54) is 0 Å². The summed E-state index contributed by atoms with van der Waals surface area (Å²) in [5.41, 5.74) is 1.94. The summed E-state index contributed by atoms with van der Waals surface area (Å²) in [4.78, 5) is 24.0. The van der Waals surface area contributed by atoms with Gasteiger partial charge in [0.2, 0.25) is 12.2 Å². The van der Waals surface area contributed by atoms with Crippen LogP contribution in [0, 0.1) is 0 Å². The Morgan fingerprint density at radius 1 is 0.654 bits per heavy atom. The Hall–Kier alpha value is -2.70. The summed E-state index contributed by atoms with van der Waals surface area (Å²) in [6.45, 7) is 0.561. The SMILES string of the molecule is O=C1OC(COCc2ccccc2)C(=O)OC1COCc1ccccc1. The van der Waals surface area contributed by atoms with Crippen LogP contribution in [-0.4, -0.2) is 37.4 Å². The number of carbonyl (C=O) groups is 2. The summed E-state index contributed by atoms with van der Waals surface area (Å²) in [6, 6.07) is 19.0. The molecule has 0 aromatic heterocycles. The van der Waals surface area contributed by atoms with Crippen LogP contribution in [-0.2, 0) is 41.8 Å². The second kappa shape index (κ2) is 9.12. The van der Waals surface area contributed by atoms with E-state index in [-0.39, 0.29) is 13.2 Å². The molecule has 0 N–H and O–H groups in total. The largest absolute Gasteiger partial charge is 0.445 e. The first-order valence-corrected chi connectivity index (χ1v) is 8.36. The predicted molar refractivity (Wildman–Crippen MR) is 92.0 cm³/mol. The maximum atomic E-state index is 12.0. The van der Waals surface area contributed by atoms with Gasteiger partial charge in [-0.1, -0.05) is 60.7 Å². The number of benzene rings is 2. The van der Waals surface area contributed by atoms with Gasteiger partial charge in [-0.05, 0) is 11.1 Å². The molecule has 6 nitrogen and oxygen atoms in total. The number of carbonyl (C=O) groups excluding carboxylic acids is 2. The van der Waals surface area contributed by atoms with Crippen molar-refractivity contribution in [3.8, 4) is 0 Å². The fraction of sp³-hybridized carbons (Fsp3) is 0.300. The fourth-order valence-corrected chi connectivity index (χ4v) is 2.45. The number of hydrogen-bond donors (Lipinski definition) is 0. The summed E-state index contributed by atoms with van der Waals surface area (Å²) in [5.74, 6) is -1.24. The van der Waals surface area contributed by atoms with Crippen molar-refractivity contribution in [1.29, 1.82) is 0 Å². The molecule has 0 spiro atoms.